The molecular weight excluding hydrogens is 206 g/mol. The van der Waals surface area contributed by atoms with E-state index in [9.17, 15) is 0 Å². The quantitative estimate of drug-likeness (QED) is 0.648. The summed E-state index contributed by atoms with van der Waals surface area (Å²) < 4.78 is 5.15. The second-order valence-electron chi connectivity index (χ2n) is 2.83. The van der Waals surface area contributed by atoms with Crippen LogP contribution in [0.25, 0.3) is 0 Å². The molecule has 0 bridgehead atoms. The van der Waals surface area contributed by atoms with Gasteiger partial charge in [0, 0.05) is 5.02 Å². The molecule has 0 heterocycles. The average Bonchev–Trinajstić information content (AvgIpc) is 2.16. The molecule has 0 saturated heterocycles. The van der Waals surface area contributed by atoms with Gasteiger partial charge in [-0.25, -0.2) is 0 Å². The van der Waals surface area contributed by atoms with Gasteiger partial charge < -0.3 is 20.7 Å². The number of rotatable bonds is 4. The minimum atomic E-state index is -0.898. The number of ether oxygens (including phenoxy) is 1. The molecule has 1 aromatic carbocycles. The maximum absolute atomic E-state index is 9.02. The number of nitrogens with two attached hydrogens (primary N) is 1. The molecule has 1 atom stereocenters. The Morgan fingerprint density at radius 3 is 2.79 bits per heavy atom. The fraction of sp³-hybridized carbons (Fsp3) is 0.333. The fourth-order valence-corrected chi connectivity index (χ4v) is 1.07. The number of aliphatic hydroxyl groups excluding tert-OH is 2. The van der Waals surface area contributed by atoms with Crippen LogP contribution in [0.4, 0.5) is 5.69 Å². The standard InChI is InChI=1S/C9H12ClNO3/c10-6-1-2-9(8(11)3-6)14-5-7(13)4-12/h1-3,7,12-13H,4-5,11H2. The van der Waals surface area contributed by atoms with Gasteiger partial charge in [-0.3, -0.25) is 0 Å². The molecule has 1 aromatic rings. The molecule has 5 heteroatoms. The fourth-order valence-electron chi connectivity index (χ4n) is 0.889. The maximum Gasteiger partial charge on any atom is 0.142 e. The lowest BCUT2D eigenvalue weighted by Crippen LogP contribution is -2.21. The molecule has 0 aliphatic rings. The highest BCUT2D eigenvalue weighted by Crippen LogP contribution is 2.24. The Bertz CT molecular complexity index is 306. The average molecular weight is 218 g/mol. The molecule has 14 heavy (non-hydrogen) atoms. The van der Waals surface area contributed by atoms with Crippen molar-refractivity contribution in [2.45, 2.75) is 6.10 Å². The van der Waals surface area contributed by atoms with Crippen molar-refractivity contribution in [3.05, 3.63) is 23.2 Å². The van der Waals surface area contributed by atoms with Gasteiger partial charge in [0.05, 0.1) is 12.3 Å². The van der Waals surface area contributed by atoms with E-state index < -0.39 is 6.10 Å². The van der Waals surface area contributed by atoms with Gasteiger partial charge in [-0.05, 0) is 18.2 Å². The molecule has 0 spiro atoms. The van der Waals surface area contributed by atoms with Gasteiger partial charge in [0.15, 0.2) is 0 Å². The first-order valence-electron chi connectivity index (χ1n) is 4.10. The molecule has 4 nitrogen and oxygen atoms in total. The van der Waals surface area contributed by atoms with Crippen LogP contribution < -0.4 is 10.5 Å². The molecule has 1 rings (SSSR count). The van der Waals surface area contributed by atoms with Crippen molar-refractivity contribution in [3.8, 4) is 5.75 Å². The van der Waals surface area contributed by atoms with Crippen molar-refractivity contribution in [2.24, 2.45) is 0 Å². The second-order valence-corrected chi connectivity index (χ2v) is 3.27. The number of anilines is 1. The summed E-state index contributed by atoms with van der Waals surface area (Å²) in [7, 11) is 0. The van der Waals surface area contributed by atoms with E-state index in [0.717, 1.165) is 0 Å². The Balaban J connectivity index is 2.59. The van der Waals surface area contributed by atoms with Crippen molar-refractivity contribution in [2.75, 3.05) is 18.9 Å². The molecule has 0 aromatic heterocycles. The van der Waals surface area contributed by atoms with E-state index >= 15 is 0 Å². The summed E-state index contributed by atoms with van der Waals surface area (Å²) in [6.45, 7) is -0.337. The molecule has 4 N–H and O–H groups in total. The molecule has 0 radical (unpaired) electrons. The predicted octanol–water partition coefficient (Wildman–Crippen LogP) is 0.654. The first kappa shape index (κ1) is 11.1. The van der Waals surface area contributed by atoms with Gasteiger partial charge in [-0.15, -0.1) is 0 Å². The minimum Gasteiger partial charge on any atom is -0.489 e. The number of hydrogen-bond donors (Lipinski definition) is 3. The zero-order chi connectivity index (χ0) is 10.6. The van der Waals surface area contributed by atoms with E-state index in [-0.39, 0.29) is 13.2 Å². The van der Waals surface area contributed by atoms with Crippen LogP contribution in [0.2, 0.25) is 5.02 Å². The summed E-state index contributed by atoms with van der Waals surface area (Å²) in [5.74, 6) is 0.446. The number of aliphatic hydroxyl groups is 2. The normalized spacial score (nSPS) is 12.5. The highest BCUT2D eigenvalue weighted by molar-refractivity contribution is 6.30. The molecule has 0 amide bonds. The first-order valence-corrected chi connectivity index (χ1v) is 4.48. The number of benzene rings is 1. The lowest BCUT2D eigenvalue weighted by Gasteiger charge is -2.11. The third-order valence-electron chi connectivity index (χ3n) is 1.61. The van der Waals surface area contributed by atoms with Crippen LogP contribution in [0.15, 0.2) is 18.2 Å². The van der Waals surface area contributed by atoms with E-state index in [2.05, 4.69) is 0 Å². The largest absolute Gasteiger partial charge is 0.489 e. The van der Waals surface area contributed by atoms with E-state index in [1.807, 2.05) is 0 Å². The van der Waals surface area contributed by atoms with Crippen LogP contribution in [0.1, 0.15) is 0 Å². The van der Waals surface area contributed by atoms with Gasteiger partial charge in [-0.2, -0.15) is 0 Å². The van der Waals surface area contributed by atoms with Crippen LogP contribution >= 0.6 is 11.6 Å². The number of halogens is 1. The lowest BCUT2D eigenvalue weighted by atomic mass is 10.3. The van der Waals surface area contributed by atoms with Gasteiger partial charge in [0.25, 0.3) is 0 Å². The lowest BCUT2D eigenvalue weighted by molar-refractivity contribution is 0.0538. The van der Waals surface area contributed by atoms with Gasteiger partial charge in [0.1, 0.15) is 18.5 Å². The highest BCUT2D eigenvalue weighted by Gasteiger charge is 2.05. The van der Waals surface area contributed by atoms with Crippen molar-refractivity contribution < 1.29 is 14.9 Å². The van der Waals surface area contributed by atoms with E-state index in [1.165, 1.54) is 0 Å². The van der Waals surface area contributed by atoms with Crippen molar-refractivity contribution in [1.82, 2.24) is 0 Å². The monoisotopic (exact) mass is 217 g/mol. The SMILES string of the molecule is Nc1cc(Cl)ccc1OCC(O)CO. The smallest absolute Gasteiger partial charge is 0.142 e. The zero-order valence-corrected chi connectivity index (χ0v) is 8.24. The Hall–Kier alpha value is -0.970. The molecule has 0 aliphatic carbocycles. The summed E-state index contributed by atoms with van der Waals surface area (Å²) in [4.78, 5) is 0. The van der Waals surface area contributed by atoms with Crippen LogP contribution in [-0.4, -0.2) is 29.5 Å². The summed E-state index contributed by atoms with van der Waals surface area (Å²) in [5, 5.41) is 18.1. The Morgan fingerprint density at radius 2 is 2.21 bits per heavy atom. The van der Waals surface area contributed by atoms with Crippen LogP contribution in [0, 0.1) is 0 Å². The third kappa shape index (κ3) is 3.06. The zero-order valence-electron chi connectivity index (χ0n) is 7.48. The maximum atomic E-state index is 9.02. The number of hydrogen-bond acceptors (Lipinski definition) is 4. The van der Waals surface area contributed by atoms with Crippen LogP contribution in [-0.2, 0) is 0 Å². The van der Waals surface area contributed by atoms with Crippen LogP contribution in [0.5, 0.6) is 5.75 Å². The van der Waals surface area contributed by atoms with Crippen molar-refractivity contribution in [1.29, 1.82) is 0 Å². The van der Waals surface area contributed by atoms with Gasteiger partial charge in [0.2, 0.25) is 0 Å². The number of nitrogen functional groups attached to an aromatic ring is 1. The highest BCUT2D eigenvalue weighted by atomic mass is 35.5. The van der Waals surface area contributed by atoms with E-state index in [0.29, 0.717) is 16.5 Å². The molecule has 0 fully saturated rings. The Morgan fingerprint density at radius 1 is 1.50 bits per heavy atom. The van der Waals surface area contributed by atoms with Gasteiger partial charge in [-0.1, -0.05) is 11.6 Å². The van der Waals surface area contributed by atoms with Crippen LogP contribution in [0.3, 0.4) is 0 Å². The molecule has 0 saturated carbocycles. The molecule has 1 unspecified atom stereocenters. The Kier molecular flexibility index (Phi) is 4.00. The molecule has 78 valence electrons. The topological polar surface area (TPSA) is 75.7 Å². The predicted molar refractivity (Wildman–Crippen MR) is 54.5 cm³/mol. The third-order valence-corrected chi connectivity index (χ3v) is 1.85. The minimum absolute atomic E-state index is 0.00231. The van der Waals surface area contributed by atoms with E-state index in [1.54, 1.807) is 18.2 Å². The summed E-state index contributed by atoms with van der Waals surface area (Å²) in [6.07, 6.45) is -0.898. The second kappa shape index (κ2) is 5.05. The Labute approximate surface area is 86.9 Å². The molecular formula is C9H12ClNO3. The summed E-state index contributed by atoms with van der Waals surface area (Å²) in [5.41, 5.74) is 6.00. The van der Waals surface area contributed by atoms with Gasteiger partial charge >= 0.3 is 0 Å². The molecule has 0 aliphatic heterocycles. The first-order chi connectivity index (χ1) is 6.63. The van der Waals surface area contributed by atoms with Crippen molar-refractivity contribution >= 4 is 17.3 Å². The summed E-state index contributed by atoms with van der Waals surface area (Å²) in [6, 6.07) is 4.81. The van der Waals surface area contributed by atoms with E-state index in [4.69, 9.17) is 32.3 Å². The summed E-state index contributed by atoms with van der Waals surface area (Å²) >= 11 is 5.68. The van der Waals surface area contributed by atoms with Crippen molar-refractivity contribution in [3.63, 3.8) is 0 Å².